The minimum atomic E-state index is -0.402. The van der Waals surface area contributed by atoms with Crippen LogP contribution in [-0.4, -0.2) is 0 Å². The van der Waals surface area contributed by atoms with Crippen LogP contribution in [0.15, 0.2) is 30.3 Å². The Hall–Kier alpha value is -1.47. The van der Waals surface area contributed by atoms with E-state index in [1.807, 2.05) is 6.07 Å². The van der Waals surface area contributed by atoms with Crippen LogP contribution in [0.1, 0.15) is 11.1 Å². The fourth-order valence-corrected chi connectivity index (χ4v) is 2.28. The topological polar surface area (TPSA) is 35.8 Å². The Morgan fingerprint density at radius 1 is 1.05 bits per heavy atom. The third kappa shape index (κ3) is 3.34. The Balaban J connectivity index is 2.23. The monoisotopic (exact) mass is 328 g/mol. The van der Waals surface area contributed by atoms with Crippen LogP contribution in [0.25, 0.3) is 0 Å². The minimum absolute atomic E-state index is 0.248. The molecular weight excluding hydrogens is 322 g/mol. The molecule has 0 aliphatic rings. The van der Waals surface area contributed by atoms with Gasteiger partial charge in [-0.05, 0) is 35.9 Å². The molecular formula is C14H8Cl3FN2. The van der Waals surface area contributed by atoms with Crippen molar-refractivity contribution in [2.75, 3.05) is 5.32 Å². The van der Waals surface area contributed by atoms with Crippen LogP contribution in [0.2, 0.25) is 15.1 Å². The lowest BCUT2D eigenvalue weighted by Crippen LogP contribution is -2.03. The summed E-state index contributed by atoms with van der Waals surface area (Å²) in [5.74, 6) is -0.402. The van der Waals surface area contributed by atoms with Crippen molar-refractivity contribution in [3.05, 3.63) is 62.3 Å². The predicted molar refractivity (Wildman–Crippen MR) is 79.9 cm³/mol. The number of benzene rings is 2. The summed E-state index contributed by atoms with van der Waals surface area (Å²) in [5.41, 5.74) is 1.50. The maximum Gasteiger partial charge on any atom is 0.123 e. The molecule has 6 heteroatoms. The highest BCUT2D eigenvalue weighted by Crippen LogP contribution is 2.32. The highest BCUT2D eigenvalue weighted by Gasteiger charge is 2.08. The summed E-state index contributed by atoms with van der Waals surface area (Å²) in [6.07, 6.45) is 0. The summed E-state index contributed by atoms with van der Waals surface area (Å²) in [6, 6.07) is 9.09. The molecule has 102 valence electrons. The Morgan fingerprint density at radius 3 is 2.45 bits per heavy atom. The van der Waals surface area contributed by atoms with Crippen molar-refractivity contribution in [1.82, 2.24) is 0 Å². The molecule has 0 fully saturated rings. The Labute approximate surface area is 130 Å². The smallest absolute Gasteiger partial charge is 0.123 e. The van der Waals surface area contributed by atoms with E-state index in [0.29, 0.717) is 31.9 Å². The van der Waals surface area contributed by atoms with Gasteiger partial charge in [-0.15, -0.1) is 0 Å². The van der Waals surface area contributed by atoms with E-state index in [0.717, 1.165) is 0 Å². The lowest BCUT2D eigenvalue weighted by Gasteiger charge is -2.11. The van der Waals surface area contributed by atoms with Crippen molar-refractivity contribution in [1.29, 1.82) is 5.26 Å². The van der Waals surface area contributed by atoms with Gasteiger partial charge < -0.3 is 5.32 Å². The third-order valence-corrected chi connectivity index (χ3v) is 3.70. The fourth-order valence-electron chi connectivity index (χ4n) is 1.67. The molecule has 0 saturated heterocycles. The number of rotatable bonds is 3. The van der Waals surface area contributed by atoms with Gasteiger partial charge in [0.2, 0.25) is 0 Å². The molecule has 1 N–H and O–H groups in total. The highest BCUT2D eigenvalue weighted by molar-refractivity contribution is 6.44. The number of hydrogen-bond acceptors (Lipinski definition) is 2. The highest BCUT2D eigenvalue weighted by atomic mass is 35.5. The van der Waals surface area contributed by atoms with Gasteiger partial charge in [0.1, 0.15) is 5.82 Å². The number of nitriles is 1. The molecule has 2 nitrogen and oxygen atoms in total. The van der Waals surface area contributed by atoms with Gasteiger partial charge in [0.25, 0.3) is 0 Å². The first-order valence-electron chi connectivity index (χ1n) is 5.58. The predicted octanol–water partition coefficient (Wildman–Crippen LogP) is 5.27. The number of halogens is 4. The molecule has 2 aromatic carbocycles. The second-order valence-electron chi connectivity index (χ2n) is 4.01. The average Bonchev–Trinajstić information content (AvgIpc) is 2.41. The number of hydrogen-bond donors (Lipinski definition) is 1. The molecule has 0 aliphatic carbocycles. The van der Waals surface area contributed by atoms with Gasteiger partial charge in [-0.2, -0.15) is 5.26 Å². The van der Waals surface area contributed by atoms with Gasteiger partial charge in [0.05, 0.1) is 32.4 Å². The van der Waals surface area contributed by atoms with E-state index in [-0.39, 0.29) is 6.54 Å². The first-order valence-corrected chi connectivity index (χ1v) is 6.71. The van der Waals surface area contributed by atoms with Crippen molar-refractivity contribution in [2.45, 2.75) is 6.54 Å². The van der Waals surface area contributed by atoms with Gasteiger partial charge in [-0.25, -0.2) is 4.39 Å². The molecule has 2 rings (SSSR count). The third-order valence-electron chi connectivity index (χ3n) is 2.67. The van der Waals surface area contributed by atoms with Crippen LogP contribution in [0.4, 0.5) is 10.1 Å². The standard InChI is InChI=1S/C14H8Cl3FN2/c15-11-4-13(17)14(5-12(11)16)20-7-9-3-10(18)2-1-8(9)6-19/h1-5,20H,7H2. The summed E-state index contributed by atoms with van der Waals surface area (Å²) < 4.78 is 13.2. The van der Waals surface area contributed by atoms with E-state index in [9.17, 15) is 4.39 Å². The zero-order valence-corrected chi connectivity index (χ0v) is 12.3. The molecule has 0 unspecified atom stereocenters. The van der Waals surface area contributed by atoms with E-state index in [1.165, 1.54) is 24.3 Å². The molecule has 0 aromatic heterocycles. The minimum Gasteiger partial charge on any atom is -0.380 e. The van der Waals surface area contributed by atoms with E-state index in [1.54, 1.807) is 6.07 Å². The number of anilines is 1. The normalized spacial score (nSPS) is 10.2. The van der Waals surface area contributed by atoms with E-state index >= 15 is 0 Å². The lowest BCUT2D eigenvalue weighted by molar-refractivity contribution is 0.625. The van der Waals surface area contributed by atoms with Gasteiger partial charge in [0.15, 0.2) is 0 Å². The Kier molecular flexibility index (Phi) is 4.72. The maximum atomic E-state index is 13.2. The molecule has 0 bridgehead atoms. The zero-order chi connectivity index (χ0) is 14.7. The van der Waals surface area contributed by atoms with Crippen molar-refractivity contribution >= 4 is 40.5 Å². The van der Waals surface area contributed by atoms with Gasteiger partial charge >= 0.3 is 0 Å². The Bertz CT molecular complexity index is 696. The van der Waals surface area contributed by atoms with E-state index < -0.39 is 5.82 Å². The van der Waals surface area contributed by atoms with Crippen LogP contribution in [0.5, 0.6) is 0 Å². The summed E-state index contributed by atoms with van der Waals surface area (Å²) in [6.45, 7) is 0.248. The second-order valence-corrected chi connectivity index (χ2v) is 5.23. The van der Waals surface area contributed by atoms with Crippen molar-refractivity contribution < 1.29 is 4.39 Å². The number of nitrogens with one attached hydrogen (secondary N) is 1. The summed E-state index contributed by atoms with van der Waals surface area (Å²) in [7, 11) is 0. The lowest BCUT2D eigenvalue weighted by atomic mass is 10.1. The quantitative estimate of drug-likeness (QED) is 0.779. The second kappa shape index (κ2) is 6.32. The van der Waals surface area contributed by atoms with Gasteiger partial charge in [-0.1, -0.05) is 34.8 Å². The van der Waals surface area contributed by atoms with Gasteiger partial charge in [0, 0.05) is 6.54 Å². The first-order chi connectivity index (χ1) is 9.51. The van der Waals surface area contributed by atoms with Crippen LogP contribution in [0, 0.1) is 17.1 Å². The molecule has 2 aromatic rings. The maximum absolute atomic E-state index is 13.2. The zero-order valence-electron chi connectivity index (χ0n) is 10.1. The van der Waals surface area contributed by atoms with Crippen LogP contribution in [-0.2, 0) is 6.54 Å². The summed E-state index contributed by atoms with van der Waals surface area (Å²) >= 11 is 17.8. The van der Waals surface area contributed by atoms with Crippen molar-refractivity contribution in [3.8, 4) is 6.07 Å². The summed E-state index contributed by atoms with van der Waals surface area (Å²) in [4.78, 5) is 0. The molecule has 0 aliphatic heterocycles. The average molecular weight is 330 g/mol. The Morgan fingerprint density at radius 2 is 1.75 bits per heavy atom. The fraction of sp³-hybridized carbons (Fsp3) is 0.0714. The van der Waals surface area contributed by atoms with Crippen LogP contribution >= 0.6 is 34.8 Å². The van der Waals surface area contributed by atoms with E-state index in [2.05, 4.69) is 5.32 Å². The molecule has 0 radical (unpaired) electrons. The van der Waals surface area contributed by atoms with Crippen LogP contribution in [0.3, 0.4) is 0 Å². The molecule has 0 spiro atoms. The molecule has 0 amide bonds. The van der Waals surface area contributed by atoms with Crippen LogP contribution < -0.4 is 5.32 Å². The van der Waals surface area contributed by atoms with Crippen molar-refractivity contribution in [3.63, 3.8) is 0 Å². The number of nitrogens with zero attached hydrogens (tertiary/aromatic N) is 1. The summed E-state index contributed by atoms with van der Waals surface area (Å²) in [5, 5.41) is 13.1. The molecule has 0 saturated carbocycles. The largest absolute Gasteiger partial charge is 0.380 e. The molecule has 20 heavy (non-hydrogen) atoms. The molecule has 0 atom stereocenters. The van der Waals surface area contributed by atoms with Gasteiger partial charge in [-0.3, -0.25) is 0 Å². The first kappa shape index (κ1) is 14.9. The van der Waals surface area contributed by atoms with Crippen molar-refractivity contribution in [2.24, 2.45) is 0 Å². The molecule has 0 heterocycles. The SMILES string of the molecule is N#Cc1ccc(F)cc1CNc1cc(Cl)c(Cl)cc1Cl. The van der Waals surface area contributed by atoms with E-state index in [4.69, 9.17) is 40.1 Å².